The predicted octanol–water partition coefficient (Wildman–Crippen LogP) is 4.71. The molecule has 150 valence electrons. The predicted molar refractivity (Wildman–Crippen MR) is 109 cm³/mol. The number of benzene rings is 2. The van der Waals surface area contributed by atoms with Gasteiger partial charge in [0.1, 0.15) is 22.9 Å². The van der Waals surface area contributed by atoms with Crippen LogP contribution in [0.2, 0.25) is 5.02 Å². The minimum Gasteiger partial charge on any atom is -0.457 e. The van der Waals surface area contributed by atoms with Crippen molar-refractivity contribution < 1.29 is 23.2 Å². The first-order chi connectivity index (χ1) is 14.3. The van der Waals surface area contributed by atoms with E-state index in [2.05, 4.69) is 5.32 Å². The Morgan fingerprint density at radius 1 is 1.03 bits per heavy atom. The topological polar surface area (TPSA) is 79.6 Å². The molecular weight excluding hydrogens is 411 g/mol. The molecule has 1 aliphatic rings. The van der Waals surface area contributed by atoms with Gasteiger partial charge >= 0.3 is 6.03 Å². The molecule has 30 heavy (non-hydrogen) atoms. The van der Waals surface area contributed by atoms with Crippen molar-refractivity contribution in [3.63, 3.8) is 0 Å². The fourth-order valence-electron chi connectivity index (χ4n) is 2.95. The van der Waals surface area contributed by atoms with E-state index in [0.717, 1.165) is 10.5 Å². The number of carbonyl (C=O) groups excluding carboxylic acids is 3. The van der Waals surface area contributed by atoms with E-state index in [1.165, 1.54) is 24.3 Å². The number of nitrogens with one attached hydrogen (secondary N) is 1. The van der Waals surface area contributed by atoms with Gasteiger partial charge in [0.2, 0.25) is 0 Å². The molecule has 0 unspecified atom stereocenters. The number of carbonyl (C=O) groups is 3. The van der Waals surface area contributed by atoms with Gasteiger partial charge in [-0.2, -0.15) is 0 Å². The zero-order chi connectivity index (χ0) is 21.4. The van der Waals surface area contributed by atoms with Crippen molar-refractivity contribution in [1.29, 1.82) is 0 Å². The van der Waals surface area contributed by atoms with Crippen molar-refractivity contribution in [1.82, 2.24) is 5.32 Å². The van der Waals surface area contributed by atoms with Crippen molar-refractivity contribution in [2.75, 3.05) is 4.90 Å². The molecule has 0 radical (unpaired) electrons. The molecule has 8 heteroatoms. The quantitative estimate of drug-likeness (QED) is 0.487. The van der Waals surface area contributed by atoms with Gasteiger partial charge in [0.25, 0.3) is 11.8 Å². The Kier molecular flexibility index (Phi) is 4.97. The maximum Gasteiger partial charge on any atom is 0.335 e. The van der Waals surface area contributed by atoms with Gasteiger partial charge in [-0.15, -0.1) is 0 Å². The number of barbiturate groups is 1. The van der Waals surface area contributed by atoms with E-state index in [1.807, 2.05) is 0 Å². The fourth-order valence-corrected chi connectivity index (χ4v) is 3.13. The van der Waals surface area contributed by atoms with E-state index in [1.54, 1.807) is 43.3 Å². The molecule has 0 atom stereocenters. The fraction of sp³-hybridized carbons (Fsp3) is 0.0455. The Balaban J connectivity index is 1.67. The van der Waals surface area contributed by atoms with Gasteiger partial charge in [0, 0.05) is 10.6 Å². The normalized spacial score (nSPS) is 15.6. The number of nitrogens with zero attached hydrogens (tertiary/aromatic N) is 1. The van der Waals surface area contributed by atoms with Crippen LogP contribution in [0.4, 0.5) is 14.9 Å². The zero-order valence-electron chi connectivity index (χ0n) is 15.6. The van der Waals surface area contributed by atoms with Gasteiger partial charge in [-0.3, -0.25) is 14.9 Å². The molecule has 4 amide bonds. The summed E-state index contributed by atoms with van der Waals surface area (Å²) in [5.41, 5.74) is 1.37. The van der Waals surface area contributed by atoms with Crippen LogP contribution in [0.15, 0.2) is 64.6 Å². The van der Waals surface area contributed by atoms with Gasteiger partial charge < -0.3 is 4.42 Å². The number of furan rings is 1. The molecule has 1 saturated heterocycles. The van der Waals surface area contributed by atoms with Gasteiger partial charge in [-0.25, -0.2) is 14.1 Å². The molecule has 1 aliphatic heterocycles. The first kappa shape index (κ1) is 19.6. The van der Waals surface area contributed by atoms with Crippen LogP contribution in [0, 0.1) is 12.7 Å². The minimum absolute atomic E-state index is 0.226. The highest BCUT2D eigenvalue weighted by Gasteiger charge is 2.37. The van der Waals surface area contributed by atoms with E-state index in [9.17, 15) is 18.8 Å². The number of hydrogen-bond acceptors (Lipinski definition) is 4. The average molecular weight is 425 g/mol. The molecular formula is C22H14ClFN2O4. The Morgan fingerprint density at radius 2 is 1.77 bits per heavy atom. The van der Waals surface area contributed by atoms with Crippen LogP contribution in [-0.4, -0.2) is 17.8 Å². The average Bonchev–Trinajstić information content (AvgIpc) is 3.17. The molecule has 3 aromatic rings. The summed E-state index contributed by atoms with van der Waals surface area (Å²) in [4.78, 5) is 38.3. The molecule has 1 aromatic heterocycles. The lowest BCUT2D eigenvalue weighted by Gasteiger charge is -2.26. The SMILES string of the molecule is Cc1ccc(N2C(=O)NC(=O)C(=Cc3ccc(-c4ccc(F)cc4)o3)C2=O)cc1Cl. The number of amides is 4. The van der Waals surface area contributed by atoms with Crippen molar-refractivity contribution in [3.8, 4) is 11.3 Å². The van der Waals surface area contributed by atoms with Crippen LogP contribution in [0.3, 0.4) is 0 Å². The van der Waals surface area contributed by atoms with Gasteiger partial charge in [-0.05, 0) is 67.1 Å². The summed E-state index contributed by atoms with van der Waals surface area (Å²) in [5, 5.41) is 2.52. The number of halogens is 2. The largest absolute Gasteiger partial charge is 0.457 e. The Morgan fingerprint density at radius 3 is 2.47 bits per heavy atom. The summed E-state index contributed by atoms with van der Waals surface area (Å²) in [6, 6.07) is 12.7. The molecule has 0 aliphatic carbocycles. The number of rotatable bonds is 3. The van der Waals surface area contributed by atoms with Crippen LogP contribution in [0.25, 0.3) is 17.4 Å². The summed E-state index contributed by atoms with van der Waals surface area (Å²) in [5.74, 6) is -1.35. The Hall–Kier alpha value is -3.71. The van der Waals surface area contributed by atoms with Gasteiger partial charge in [0.15, 0.2) is 0 Å². The highest BCUT2D eigenvalue weighted by Crippen LogP contribution is 2.28. The molecule has 1 fully saturated rings. The van der Waals surface area contributed by atoms with Gasteiger partial charge in [-0.1, -0.05) is 17.7 Å². The Bertz CT molecular complexity index is 1210. The molecule has 0 bridgehead atoms. The zero-order valence-corrected chi connectivity index (χ0v) is 16.4. The number of urea groups is 1. The number of aryl methyl sites for hydroxylation is 1. The van der Waals surface area contributed by atoms with E-state index in [4.69, 9.17) is 16.0 Å². The molecule has 6 nitrogen and oxygen atoms in total. The maximum atomic E-state index is 13.1. The lowest BCUT2D eigenvalue weighted by molar-refractivity contribution is -0.122. The second kappa shape index (κ2) is 7.61. The molecule has 2 aromatic carbocycles. The number of hydrogen-bond donors (Lipinski definition) is 1. The second-order valence-electron chi connectivity index (χ2n) is 6.60. The summed E-state index contributed by atoms with van der Waals surface area (Å²) in [6.45, 7) is 1.79. The monoisotopic (exact) mass is 424 g/mol. The van der Waals surface area contributed by atoms with Crippen LogP contribution in [0.1, 0.15) is 11.3 Å². The number of anilines is 1. The van der Waals surface area contributed by atoms with Crippen molar-refractivity contribution >= 4 is 41.2 Å². The molecule has 1 N–H and O–H groups in total. The first-order valence-electron chi connectivity index (χ1n) is 8.87. The summed E-state index contributed by atoms with van der Waals surface area (Å²) in [6.07, 6.45) is 1.25. The van der Waals surface area contributed by atoms with Gasteiger partial charge in [0.05, 0.1) is 5.69 Å². The Labute approximate surface area is 175 Å². The van der Waals surface area contributed by atoms with E-state index in [-0.39, 0.29) is 22.8 Å². The van der Waals surface area contributed by atoms with Crippen LogP contribution in [0.5, 0.6) is 0 Å². The molecule has 0 saturated carbocycles. The summed E-state index contributed by atoms with van der Waals surface area (Å²) >= 11 is 6.10. The second-order valence-corrected chi connectivity index (χ2v) is 7.01. The summed E-state index contributed by atoms with van der Waals surface area (Å²) < 4.78 is 18.8. The summed E-state index contributed by atoms with van der Waals surface area (Å²) in [7, 11) is 0. The molecule has 4 rings (SSSR count). The maximum absolute atomic E-state index is 13.1. The smallest absolute Gasteiger partial charge is 0.335 e. The van der Waals surface area contributed by atoms with Crippen molar-refractivity contribution in [3.05, 3.63) is 82.3 Å². The van der Waals surface area contributed by atoms with E-state index in [0.29, 0.717) is 16.3 Å². The lowest BCUT2D eigenvalue weighted by atomic mass is 10.1. The van der Waals surface area contributed by atoms with E-state index >= 15 is 0 Å². The van der Waals surface area contributed by atoms with Crippen LogP contribution < -0.4 is 10.2 Å². The third-order valence-corrected chi connectivity index (χ3v) is 4.96. The van der Waals surface area contributed by atoms with E-state index < -0.39 is 17.8 Å². The third kappa shape index (κ3) is 3.62. The lowest BCUT2D eigenvalue weighted by Crippen LogP contribution is -2.54. The van der Waals surface area contributed by atoms with Crippen molar-refractivity contribution in [2.24, 2.45) is 0 Å². The van der Waals surface area contributed by atoms with Crippen molar-refractivity contribution in [2.45, 2.75) is 6.92 Å². The highest BCUT2D eigenvalue weighted by atomic mass is 35.5. The van der Waals surface area contributed by atoms with Crippen LogP contribution in [-0.2, 0) is 9.59 Å². The van der Waals surface area contributed by atoms with Crippen LogP contribution >= 0.6 is 11.6 Å². The first-order valence-corrected chi connectivity index (χ1v) is 9.24. The standard InChI is InChI=1S/C22H14ClFN2O4/c1-12-2-7-15(10-18(12)23)26-21(28)17(20(27)25-22(26)29)11-16-8-9-19(30-16)13-3-5-14(24)6-4-13/h2-11H,1H3,(H,25,27,29). The third-order valence-electron chi connectivity index (χ3n) is 4.56. The molecule has 2 heterocycles. The highest BCUT2D eigenvalue weighted by molar-refractivity contribution is 6.39. The number of imide groups is 2. The minimum atomic E-state index is -0.867. The molecule has 0 spiro atoms.